The van der Waals surface area contributed by atoms with E-state index in [1.165, 1.54) is 0 Å². The van der Waals surface area contributed by atoms with Gasteiger partial charge in [0.2, 0.25) is 5.91 Å². The van der Waals surface area contributed by atoms with Gasteiger partial charge in [-0.2, -0.15) is 0 Å². The summed E-state index contributed by atoms with van der Waals surface area (Å²) in [4.78, 5) is 38.5. The van der Waals surface area contributed by atoms with Gasteiger partial charge in [-0.25, -0.2) is 4.79 Å². The predicted octanol–water partition coefficient (Wildman–Crippen LogP) is 3.36. The summed E-state index contributed by atoms with van der Waals surface area (Å²) in [6.07, 6.45) is 5.30. The molecule has 0 N–H and O–H groups in total. The van der Waals surface area contributed by atoms with E-state index in [4.69, 9.17) is 16.3 Å². The van der Waals surface area contributed by atoms with E-state index in [0.29, 0.717) is 12.0 Å². The number of amides is 2. The third-order valence-corrected chi connectivity index (χ3v) is 5.30. The van der Waals surface area contributed by atoms with Crippen molar-refractivity contribution < 1.29 is 19.1 Å². The van der Waals surface area contributed by atoms with Crippen LogP contribution < -0.4 is 0 Å². The van der Waals surface area contributed by atoms with Crippen LogP contribution in [0.2, 0.25) is 0 Å². The first kappa shape index (κ1) is 17.9. The van der Waals surface area contributed by atoms with E-state index >= 15 is 0 Å². The summed E-state index contributed by atoms with van der Waals surface area (Å²) in [5, 5.41) is -0.992. The molecule has 25 heavy (non-hydrogen) atoms. The number of alkyl halides is 1. The zero-order valence-corrected chi connectivity index (χ0v) is 14.8. The van der Waals surface area contributed by atoms with Crippen LogP contribution in [0.15, 0.2) is 30.3 Å². The number of hydrogen-bond acceptors (Lipinski definition) is 4. The number of likely N-dealkylation sites (tertiary alicyclic amines) is 1. The molecule has 134 valence electrons. The van der Waals surface area contributed by atoms with E-state index < -0.39 is 23.3 Å². The number of imide groups is 1. The highest BCUT2D eigenvalue weighted by Gasteiger charge is 2.43. The molecule has 2 unspecified atom stereocenters. The Hall–Kier alpha value is -1.88. The minimum absolute atomic E-state index is 0.102. The molecule has 0 bridgehead atoms. The third-order valence-electron chi connectivity index (χ3n) is 4.87. The van der Waals surface area contributed by atoms with Crippen molar-refractivity contribution in [2.45, 2.75) is 62.5 Å². The second kappa shape index (κ2) is 8.00. The maximum atomic E-state index is 12.7. The van der Waals surface area contributed by atoms with Crippen molar-refractivity contribution in [1.82, 2.24) is 4.90 Å². The fourth-order valence-corrected chi connectivity index (χ4v) is 3.75. The number of nitrogens with zero attached hydrogens (tertiary/aromatic N) is 1. The normalized spacial score (nSPS) is 22.7. The molecule has 1 saturated heterocycles. The topological polar surface area (TPSA) is 63.7 Å². The van der Waals surface area contributed by atoms with Gasteiger partial charge in [0.1, 0.15) is 17.5 Å². The number of carbonyl (C=O) groups is 3. The minimum atomic E-state index is -0.992. The Bertz CT molecular complexity index is 642. The molecule has 0 aromatic heterocycles. The Morgan fingerprint density at radius 3 is 2.44 bits per heavy atom. The molecule has 2 aliphatic rings. The highest BCUT2D eigenvalue weighted by molar-refractivity contribution is 6.32. The van der Waals surface area contributed by atoms with Crippen LogP contribution in [-0.4, -0.2) is 34.8 Å². The maximum Gasteiger partial charge on any atom is 0.329 e. The van der Waals surface area contributed by atoms with Gasteiger partial charge in [-0.1, -0.05) is 36.8 Å². The average molecular weight is 364 g/mol. The summed E-state index contributed by atoms with van der Waals surface area (Å²) in [7, 11) is 0. The van der Waals surface area contributed by atoms with Gasteiger partial charge in [0.25, 0.3) is 5.91 Å². The molecule has 1 aliphatic heterocycles. The zero-order valence-electron chi connectivity index (χ0n) is 14.0. The molecule has 1 aromatic carbocycles. The van der Waals surface area contributed by atoms with Gasteiger partial charge in [-0.3, -0.25) is 14.5 Å². The number of benzene rings is 1. The molecule has 1 aliphatic carbocycles. The quantitative estimate of drug-likeness (QED) is 0.607. The molecule has 1 saturated carbocycles. The summed E-state index contributed by atoms with van der Waals surface area (Å²) in [6, 6.07) is 7.98. The fraction of sp³-hybridized carbons (Fsp3) is 0.526. The van der Waals surface area contributed by atoms with Crippen LogP contribution in [0.4, 0.5) is 0 Å². The van der Waals surface area contributed by atoms with Gasteiger partial charge in [0.05, 0.1) is 0 Å². The van der Waals surface area contributed by atoms with Crippen LogP contribution in [0.1, 0.15) is 55.9 Å². The monoisotopic (exact) mass is 363 g/mol. The summed E-state index contributed by atoms with van der Waals surface area (Å²) in [5.41, 5.74) is 0.605. The van der Waals surface area contributed by atoms with Gasteiger partial charge in [-0.15, -0.1) is 11.6 Å². The van der Waals surface area contributed by atoms with Gasteiger partial charge in [0.15, 0.2) is 0 Å². The first-order chi connectivity index (χ1) is 12.1. The molecule has 3 rings (SSSR count). The van der Waals surface area contributed by atoms with Crippen molar-refractivity contribution in [1.29, 1.82) is 0 Å². The lowest BCUT2D eigenvalue weighted by molar-refractivity contribution is -0.162. The number of rotatable bonds is 4. The van der Waals surface area contributed by atoms with Gasteiger partial charge < -0.3 is 4.74 Å². The molecular weight excluding hydrogens is 342 g/mol. The number of esters is 1. The highest BCUT2D eigenvalue weighted by Crippen LogP contribution is 2.30. The highest BCUT2D eigenvalue weighted by atomic mass is 35.5. The Balaban J connectivity index is 1.70. The molecule has 2 atom stereocenters. The van der Waals surface area contributed by atoms with Crippen molar-refractivity contribution in [3.8, 4) is 0 Å². The Morgan fingerprint density at radius 1 is 1.08 bits per heavy atom. The van der Waals surface area contributed by atoms with Crippen molar-refractivity contribution >= 4 is 29.4 Å². The van der Waals surface area contributed by atoms with E-state index in [0.717, 1.165) is 37.0 Å². The molecule has 5 nitrogen and oxygen atoms in total. The lowest BCUT2D eigenvalue weighted by Crippen LogP contribution is -2.46. The standard InChI is InChI=1S/C19H22ClNO4/c20-17(13-7-3-1-4-8-13)18(23)21-15(11-12-16(21)22)19(24)25-14-9-5-2-6-10-14/h1,3-4,7-8,14-15,17H,2,5-6,9-12H2. The lowest BCUT2D eigenvalue weighted by atomic mass is 9.98. The number of ether oxygens (including phenoxy) is 1. The first-order valence-electron chi connectivity index (χ1n) is 8.83. The molecular formula is C19H22ClNO4. The number of hydrogen-bond donors (Lipinski definition) is 0. The Morgan fingerprint density at radius 2 is 1.76 bits per heavy atom. The van der Waals surface area contributed by atoms with Gasteiger partial charge >= 0.3 is 5.97 Å². The van der Waals surface area contributed by atoms with E-state index in [1.54, 1.807) is 24.3 Å². The first-order valence-corrected chi connectivity index (χ1v) is 9.27. The summed E-state index contributed by atoms with van der Waals surface area (Å²) < 4.78 is 5.56. The largest absolute Gasteiger partial charge is 0.461 e. The summed E-state index contributed by atoms with van der Waals surface area (Å²) in [5.74, 6) is -1.40. The fourth-order valence-electron chi connectivity index (χ4n) is 3.50. The SMILES string of the molecule is O=C(OC1CCCCC1)C1CCC(=O)N1C(=O)C(Cl)c1ccccc1. The summed E-state index contributed by atoms with van der Waals surface area (Å²) >= 11 is 6.27. The van der Waals surface area contributed by atoms with E-state index in [9.17, 15) is 14.4 Å². The minimum Gasteiger partial charge on any atom is -0.461 e. The van der Waals surface area contributed by atoms with Gasteiger partial charge in [-0.05, 0) is 37.7 Å². The summed E-state index contributed by atoms with van der Waals surface area (Å²) in [6.45, 7) is 0. The molecule has 6 heteroatoms. The number of carbonyl (C=O) groups excluding carboxylic acids is 3. The lowest BCUT2D eigenvalue weighted by Gasteiger charge is -2.27. The van der Waals surface area contributed by atoms with E-state index in [1.807, 2.05) is 6.07 Å². The van der Waals surface area contributed by atoms with Crippen LogP contribution in [0.5, 0.6) is 0 Å². The van der Waals surface area contributed by atoms with Crippen molar-refractivity contribution in [2.75, 3.05) is 0 Å². The van der Waals surface area contributed by atoms with Crippen LogP contribution >= 0.6 is 11.6 Å². The molecule has 0 spiro atoms. The van der Waals surface area contributed by atoms with Crippen LogP contribution in [0, 0.1) is 0 Å². The second-order valence-corrected chi connectivity index (χ2v) is 7.06. The van der Waals surface area contributed by atoms with E-state index in [-0.39, 0.29) is 18.4 Å². The van der Waals surface area contributed by atoms with E-state index in [2.05, 4.69) is 0 Å². The number of halogens is 1. The smallest absolute Gasteiger partial charge is 0.329 e. The molecule has 2 amide bonds. The van der Waals surface area contributed by atoms with Crippen LogP contribution in [0.3, 0.4) is 0 Å². The van der Waals surface area contributed by atoms with Crippen molar-refractivity contribution in [2.24, 2.45) is 0 Å². The van der Waals surface area contributed by atoms with Crippen molar-refractivity contribution in [3.63, 3.8) is 0 Å². The average Bonchev–Trinajstić information content (AvgIpc) is 3.03. The Labute approximate surface area is 152 Å². The molecule has 0 radical (unpaired) electrons. The molecule has 1 aromatic rings. The van der Waals surface area contributed by atoms with Crippen LogP contribution in [-0.2, 0) is 19.1 Å². The van der Waals surface area contributed by atoms with Gasteiger partial charge in [0, 0.05) is 6.42 Å². The third kappa shape index (κ3) is 4.03. The van der Waals surface area contributed by atoms with Crippen molar-refractivity contribution in [3.05, 3.63) is 35.9 Å². The zero-order chi connectivity index (χ0) is 17.8. The Kier molecular flexibility index (Phi) is 5.74. The maximum absolute atomic E-state index is 12.7. The molecule has 1 heterocycles. The molecule has 2 fully saturated rings. The van der Waals surface area contributed by atoms with Crippen LogP contribution in [0.25, 0.3) is 0 Å². The second-order valence-electron chi connectivity index (χ2n) is 6.63. The predicted molar refractivity (Wildman–Crippen MR) is 92.9 cm³/mol.